The van der Waals surface area contributed by atoms with Crippen LogP contribution in [0, 0.1) is 0 Å². The van der Waals surface area contributed by atoms with E-state index in [1.54, 1.807) is 24.3 Å². The second-order valence-electron chi connectivity index (χ2n) is 6.14. The van der Waals surface area contributed by atoms with Crippen LogP contribution in [0.15, 0.2) is 47.4 Å². The molecule has 0 saturated carbocycles. The number of hydrogen-bond donors (Lipinski definition) is 2. The van der Waals surface area contributed by atoms with Gasteiger partial charge in [-0.1, -0.05) is 44.2 Å². The molecule has 0 fully saturated rings. The summed E-state index contributed by atoms with van der Waals surface area (Å²) < 4.78 is 28.3. The SMILES string of the molecule is CCc1cccc(CC)c1NS(=O)(=O)c1ccc(CCNC(C)=O)cc1. The summed E-state index contributed by atoms with van der Waals surface area (Å²) in [4.78, 5) is 11.1. The Balaban J connectivity index is 2.19. The standard InChI is InChI=1S/C20H26N2O3S/c1-4-17-7-6-8-18(5-2)20(17)22-26(24,25)19-11-9-16(10-12-19)13-14-21-15(3)23/h6-12,22H,4-5,13-14H2,1-3H3,(H,21,23). The van der Waals surface area contributed by atoms with Crippen molar-refractivity contribution < 1.29 is 13.2 Å². The van der Waals surface area contributed by atoms with E-state index in [4.69, 9.17) is 0 Å². The van der Waals surface area contributed by atoms with Crippen LogP contribution in [0.2, 0.25) is 0 Å². The number of benzene rings is 2. The maximum atomic E-state index is 12.8. The molecule has 0 heterocycles. The maximum absolute atomic E-state index is 12.8. The zero-order chi connectivity index (χ0) is 19.2. The van der Waals surface area contributed by atoms with Crippen LogP contribution in [-0.4, -0.2) is 20.9 Å². The molecule has 0 saturated heterocycles. The van der Waals surface area contributed by atoms with E-state index < -0.39 is 10.0 Å². The van der Waals surface area contributed by atoms with Gasteiger partial charge in [0.15, 0.2) is 0 Å². The van der Waals surface area contributed by atoms with E-state index in [9.17, 15) is 13.2 Å². The van der Waals surface area contributed by atoms with Crippen molar-refractivity contribution >= 4 is 21.6 Å². The molecule has 0 spiro atoms. The molecule has 1 amide bonds. The first kappa shape index (κ1) is 20.0. The Hall–Kier alpha value is -2.34. The average Bonchev–Trinajstić information content (AvgIpc) is 2.61. The van der Waals surface area contributed by atoms with Gasteiger partial charge in [-0.15, -0.1) is 0 Å². The van der Waals surface area contributed by atoms with E-state index >= 15 is 0 Å². The highest BCUT2D eigenvalue weighted by molar-refractivity contribution is 7.92. The first-order valence-corrected chi connectivity index (χ1v) is 10.3. The van der Waals surface area contributed by atoms with Gasteiger partial charge in [-0.3, -0.25) is 9.52 Å². The fourth-order valence-electron chi connectivity index (χ4n) is 2.79. The normalized spacial score (nSPS) is 11.2. The lowest BCUT2D eigenvalue weighted by Crippen LogP contribution is -2.22. The quantitative estimate of drug-likeness (QED) is 0.744. The fourth-order valence-corrected chi connectivity index (χ4v) is 3.93. The lowest BCUT2D eigenvalue weighted by atomic mass is 10.0. The first-order chi connectivity index (χ1) is 12.4. The number of amides is 1. The largest absolute Gasteiger partial charge is 0.356 e. The summed E-state index contributed by atoms with van der Waals surface area (Å²) in [7, 11) is -3.65. The Morgan fingerprint density at radius 1 is 0.962 bits per heavy atom. The summed E-state index contributed by atoms with van der Waals surface area (Å²) in [6.07, 6.45) is 2.17. The van der Waals surface area contributed by atoms with Gasteiger partial charge in [0, 0.05) is 13.5 Å². The minimum Gasteiger partial charge on any atom is -0.356 e. The zero-order valence-electron chi connectivity index (χ0n) is 15.5. The van der Waals surface area contributed by atoms with Crippen LogP contribution in [0.4, 0.5) is 5.69 Å². The topological polar surface area (TPSA) is 75.3 Å². The van der Waals surface area contributed by atoms with Crippen LogP contribution < -0.4 is 10.0 Å². The Morgan fingerprint density at radius 2 is 1.54 bits per heavy atom. The lowest BCUT2D eigenvalue weighted by Gasteiger charge is -2.16. The van der Waals surface area contributed by atoms with Crippen LogP contribution in [-0.2, 0) is 34.1 Å². The highest BCUT2D eigenvalue weighted by Crippen LogP contribution is 2.25. The predicted octanol–water partition coefficient (Wildman–Crippen LogP) is 3.29. The molecule has 0 aliphatic heterocycles. The van der Waals surface area contributed by atoms with Gasteiger partial charge in [0.2, 0.25) is 5.91 Å². The molecule has 0 atom stereocenters. The Labute approximate surface area is 155 Å². The van der Waals surface area contributed by atoms with Crippen LogP contribution in [0.5, 0.6) is 0 Å². The van der Waals surface area contributed by atoms with Gasteiger partial charge < -0.3 is 5.32 Å². The fraction of sp³-hybridized carbons (Fsp3) is 0.350. The Kier molecular flexibility index (Phi) is 6.80. The number of aryl methyl sites for hydroxylation is 2. The van der Waals surface area contributed by atoms with Crippen molar-refractivity contribution in [3.63, 3.8) is 0 Å². The molecule has 0 unspecified atom stereocenters. The summed E-state index contributed by atoms with van der Waals surface area (Å²) in [5.41, 5.74) is 3.63. The minimum atomic E-state index is -3.65. The third kappa shape index (κ3) is 5.08. The van der Waals surface area contributed by atoms with Crippen LogP contribution in [0.1, 0.15) is 37.5 Å². The smallest absolute Gasteiger partial charge is 0.261 e. The van der Waals surface area contributed by atoms with E-state index in [1.165, 1.54) is 6.92 Å². The molecule has 26 heavy (non-hydrogen) atoms. The van der Waals surface area contributed by atoms with E-state index in [1.807, 2.05) is 32.0 Å². The van der Waals surface area contributed by atoms with E-state index in [0.29, 0.717) is 18.7 Å². The van der Waals surface area contributed by atoms with Crippen molar-refractivity contribution in [1.82, 2.24) is 5.32 Å². The number of sulfonamides is 1. The second kappa shape index (κ2) is 8.85. The molecule has 2 rings (SSSR count). The van der Waals surface area contributed by atoms with Gasteiger partial charge in [0.05, 0.1) is 10.6 Å². The lowest BCUT2D eigenvalue weighted by molar-refractivity contribution is -0.118. The molecule has 0 aromatic heterocycles. The monoisotopic (exact) mass is 374 g/mol. The van der Waals surface area contributed by atoms with E-state index in [0.717, 1.165) is 29.5 Å². The molecular formula is C20H26N2O3S. The van der Waals surface area contributed by atoms with Crippen molar-refractivity contribution in [2.24, 2.45) is 0 Å². The average molecular weight is 375 g/mol. The van der Waals surface area contributed by atoms with Crippen molar-refractivity contribution in [3.05, 3.63) is 59.2 Å². The molecule has 5 nitrogen and oxygen atoms in total. The Bertz CT molecular complexity index is 837. The third-order valence-electron chi connectivity index (χ3n) is 4.26. The van der Waals surface area contributed by atoms with Crippen LogP contribution in [0.3, 0.4) is 0 Å². The molecule has 2 aromatic carbocycles. The molecule has 140 valence electrons. The van der Waals surface area contributed by atoms with Crippen LogP contribution >= 0.6 is 0 Å². The highest BCUT2D eigenvalue weighted by atomic mass is 32.2. The molecule has 2 aromatic rings. The predicted molar refractivity (Wildman–Crippen MR) is 105 cm³/mol. The van der Waals surface area contributed by atoms with Gasteiger partial charge >= 0.3 is 0 Å². The number of anilines is 1. The van der Waals surface area contributed by atoms with Crippen molar-refractivity contribution in [1.29, 1.82) is 0 Å². The molecule has 0 aliphatic rings. The molecule has 2 N–H and O–H groups in total. The number of rotatable bonds is 8. The summed E-state index contributed by atoms with van der Waals surface area (Å²) in [5.74, 6) is -0.0743. The number of hydrogen-bond acceptors (Lipinski definition) is 3. The van der Waals surface area contributed by atoms with Gasteiger partial charge in [-0.25, -0.2) is 8.42 Å². The first-order valence-electron chi connectivity index (χ1n) is 8.84. The minimum absolute atomic E-state index is 0.0743. The van der Waals surface area contributed by atoms with Crippen molar-refractivity contribution in [2.75, 3.05) is 11.3 Å². The highest BCUT2D eigenvalue weighted by Gasteiger charge is 2.17. The molecule has 0 radical (unpaired) electrons. The Morgan fingerprint density at radius 3 is 2.04 bits per heavy atom. The molecule has 0 bridgehead atoms. The van der Waals surface area contributed by atoms with Crippen molar-refractivity contribution in [3.8, 4) is 0 Å². The van der Waals surface area contributed by atoms with Gasteiger partial charge in [-0.05, 0) is 48.1 Å². The summed E-state index contributed by atoms with van der Waals surface area (Å²) in [6.45, 7) is 6.02. The third-order valence-corrected chi connectivity index (χ3v) is 5.62. The summed E-state index contributed by atoms with van der Waals surface area (Å²) >= 11 is 0. The van der Waals surface area contributed by atoms with Crippen LogP contribution in [0.25, 0.3) is 0 Å². The molecular weight excluding hydrogens is 348 g/mol. The summed E-state index contributed by atoms with van der Waals surface area (Å²) in [5, 5.41) is 2.73. The maximum Gasteiger partial charge on any atom is 0.261 e. The number of carbonyl (C=O) groups is 1. The zero-order valence-corrected chi connectivity index (χ0v) is 16.3. The number of para-hydroxylation sites is 1. The number of carbonyl (C=O) groups excluding carboxylic acids is 1. The molecule has 0 aliphatic carbocycles. The summed E-state index contributed by atoms with van der Waals surface area (Å²) in [6, 6.07) is 12.6. The van der Waals surface area contributed by atoms with Gasteiger partial charge in [0.1, 0.15) is 0 Å². The van der Waals surface area contributed by atoms with Gasteiger partial charge in [0.25, 0.3) is 10.0 Å². The molecule has 6 heteroatoms. The second-order valence-corrected chi connectivity index (χ2v) is 7.82. The van der Waals surface area contributed by atoms with Gasteiger partial charge in [-0.2, -0.15) is 0 Å². The van der Waals surface area contributed by atoms with Crippen molar-refractivity contribution in [2.45, 2.75) is 44.9 Å². The van der Waals surface area contributed by atoms with E-state index in [-0.39, 0.29) is 10.8 Å². The van der Waals surface area contributed by atoms with E-state index in [2.05, 4.69) is 10.0 Å². The number of nitrogens with one attached hydrogen (secondary N) is 2.